The van der Waals surface area contributed by atoms with Crippen molar-refractivity contribution >= 4 is 16.9 Å². The highest BCUT2D eigenvalue weighted by Crippen LogP contribution is 2.28. The Labute approximate surface area is 178 Å². The molecule has 1 aromatic heterocycles. The topological polar surface area (TPSA) is 56.1 Å². The highest BCUT2D eigenvalue weighted by molar-refractivity contribution is 5.79. The number of hydrogen-bond donors (Lipinski definition) is 1. The molecule has 3 aromatic rings. The lowest BCUT2D eigenvalue weighted by atomic mass is 9.87. The van der Waals surface area contributed by atoms with Crippen LogP contribution in [0.5, 0.6) is 5.75 Å². The average Bonchev–Trinajstić information content (AvgIpc) is 3.16. The van der Waals surface area contributed by atoms with Gasteiger partial charge in [-0.2, -0.15) is 0 Å². The van der Waals surface area contributed by atoms with E-state index < -0.39 is 0 Å². The largest absolute Gasteiger partial charge is 0.484 e. The zero-order chi connectivity index (χ0) is 20.8. The zero-order valence-electron chi connectivity index (χ0n) is 17.7. The molecule has 1 saturated carbocycles. The summed E-state index contributed by atoms with van der Waals surface area (Å²) in [5, 5.41) is 3.06. The molecule has 1 aliphatic carbocycles. The summed E-state index contributed by atoms with van der Waals surface area (Å²) in [5.41, 5.74) is 2.13. The first-order chi connectivity index (χ1) is 14.7. The predicted octanol–water partition coefficient (Wildman–Crippen LogP) is 5.26. The molecule has 1 aliphatic rings. The molecule has 1 unspecified atom stereocenters. The minimum absolute atomic E-state index is 0.00332. The van der Waals surface area contributed by atoms with Crippen LogP contribution in [0.1, 0.15) is 57.3 Å². The zero-order valence-corrected chi connectivity index (χ0v) is 17.7. The maximum Gasteiger partial charge on any atom is 0.258 e. The molecule has 4 rings (SSSR count). The Balaban J connectivity index is 1.44. The van der Waals surface area contributed by atoms with Crippen molar-refractivity contribution in [3.63, 3.8) is 0 Å². The molecular weight excluding hydrogens is 374 g/mol. The summed E-state index contributed by atoms with van der Waals surface area (Å²) in [6.07, 6.45) is 7.94. The Bertz CT molecular complexity index is 961. The van der Waals surface area contributed by atoms with Crippen LogP contribution in [0.4, 0.5) is 0 Å². The van der Waals surface area contributed by atoms with Crippen LogP contribution in [-0.4, -0.2) is 22.1 Å². The smallest absolute Gasteiger partial charge is 0.258 e. The summed E-state index contributed by atoms with van der Waals surface area (Å²) in [6, 6.07) is 17.5. The van der Waals surface area contributed by atoms with E-state index in [4.69, 9.17) is 9.72 Å². The van der Waals surface area contributed by atoms with Crippen LogP contribution >= 0.6 is 0 Å². The molecule has 0 bridgehead atoms. The van der Waals surface area contributed by atoms with E-state index in [1.807, 2.05) is 49.4 Å². The Morgan fingerprint density at radius 1 is 1.10 bits per heavy atom. The lowest BCUT2D eigenvalue weighted by molar-refractivity contribution is -0.123. The normalized spacial score (nSPS) is 15.8. The van der Waals surface area contributed by atoms with Crippen molar-refractivity contribution in [2.45, 2.75) is 58.0 Å². The van der Waals surface area contributed by atoms with Crippen LogP contribution in [0, 0.1) is 5.92 Å². The third-order valence-corrected chi connectivity index (χ3v) is 6.05. The molecule has 5 nitrogen and oxygen atoms in total. The standard InChI is InChI=1S/C25H31N3O2/c1-19(26-24(29)18-30-21-12-6-3-7-13-21)25-27-22-14-8-9-15-23(22)28(25)17-16-20-10-4-2-5-11-20/h3,6-9,12-15,19-20H,2,4-5,10-11,16-18H2,1H3,(H,26,29). The number of rotatable bonds is 8. The van der Waals surface area contributed by atoms with Gasteiger partial charge < -0.3 is 14.6 Å². The molecule has 30 heavy (non-hydrogen) atoms. The summed E-state index contributed by atoms with van der Waals surface area (Å²) in [6.45, 7) is 2.94. The van der Waals surface area contributed by atoms with E-state index in [-0.39, 0.29) is 18.6 Å². The lowest BCUT2D eigenvalue weighted by Crippen LogP contribution is -2.32. The number of ether oxygens (including phenoxy) is 1. The summed E-state index contributed by atoms with van der Waals surface area (Å²) >= 11 is 0. The van der Waals surface area contributed by atoms with E-state index in [1.54, 1.807) is 0 Å². The van der Waals surface area contributed by atoms with Gasteiger partial charge in [0, 0.05) is 6.54 Å². The summed E-state index contributed by atoms with van der Waals surface area (Å²) < 4.78 is 7.88. The van der Waals surface area contributed by atoms with Crippen LogP contribution in [0.25, 0.3) is 11.0 Å². The molecule has 1 heterocycles. The summed E-state index contributed by atoms with van der Waals surface area (Å²) in [7, 11) is 0. The van der Waals surface area contributed by atoms with Gasteiger partial charge in [0.2, 0.25) is 0 Å². The minimum atomic E-state index is -0.185. The van der Waals surface area contributed by atoms with Crippen LogP contribution in [0.2, 0.25) is 0 Å². The van der Waals surface area contributed by atoms with E-state index in [0.717, 1.165) is 29.3 Å². The molecule has 158 valence electrons. The van der Waals surface area contributed by atoms with Gasteiger partial charge in [-0.15, -0.1) is 0 Å². The van der Waals surface area contributed by atoms with Crippen LogP contribution < -0.4 is 10.1 Å². The van der Waals surface area contributed by atoms with E-state index in [2.05, 4.69) is 22.0 Å². The molecule has 1 amide bonds. The van der Waals surface area contributed by atoms with Gasteiger partial charge in [-0.1, -0.05) is 62.4 Å². The minimum Gasteiger partial charge on any atom is -0.484 e. The molecule has 5 heteroatoms. The predicted molar refractivity (Wildman–Crippen MR) is 119 cm³/mol. The quantitative estimate of drug-likeness (QED) is 0.556. The van der Waals surface area contributed by atoms with Crippen LogP contribution in [0.15, 0.2) is 54.6 Å². The van der Waals surface area contributed by atoms with E-state index in [0.29, 0.717) is 5.75 Å². The van der Waals surface area contributed by atoms with Gasteiger partial charge in [-0.3, -0.25) is 4.79 Å². The Kier molecular flexibility index (Phi) is 6.67. The van der Waals surface area contributed by atoms with Gasteiger partial charge >= 0.3 is 0 Å². The molecule has 1 fully saturated rings. The van der Waals surface area contributed by atoms with Gasteiger partial charge in [0.25, 0.3) is 5.91 Å². The summed E-state index contributed by atoms with van der Waals surface area (Å²) in [5.74, 6) is 2.27. The lowest BCUT2D eigenvalue weighted by Gasteiger charge is -2.23. The number of nitrogens with zero attached hydrogens (tertiary/aromatic N) is 2. The molecule has 2 aromatic carbocycles. The molecular formula is C25H31N3O2. The number of fused-ring (bicyclic) bond motifs is 1. The first-order valence-corrected chi connectivity index (χ1v) is 11.1. The SMILES string of the molecule is CC(NC(=O)COc1ccccc1)c1nc2ccccc2n1CCC1CCCCC1. The van der Waals surface area contributed by atoms with E-state index in [9.17, 15) is 4.79 Å². The maximum absolute atomic E-state index is 12.5. The first-order valence-electron chi connectivity index (χ1n) is 11.1. The van der Waals surface area contributed by atoms with Gasteiger partial charge in [0.1, 0.15) is 11.6 Å². The van der Waals surface area contributed by atoms with E-state index >= 15 is 0 Å². The number of carbonyl (C=O) groups excluding carboxylic acids is 1. The van der Waals surface area contributed by atoms with Gasteiger partial charge in [-0.05, 0) is 43.5 Å². The first kappa shape index (κ1) is 20.5. The van der Waals surface area contributed by atoms with E-state index in [1.165, 1.54) is 38.5 Å². The number of hydrogen-bond acceptors (Lipinski definition) is 3. The Morgan fingerprint density at radius 3 is 2.63 bits per heavy atom. The highest BCUT2D eigenvalue weighted by Gasteiger charge is 2.20. The number of benzene rings is 2. The number of carbonyl (C=O) groups is 1. The maximum atomic E-state index is 12.5. The van der Waals surface area contributed by atoms with Crippen molar-refractivity contribution in [1.29, 1.82) is 0 Å². The van der Waals surface area contributed by atoms with Crippen LogP contribution in [-0.2, 0) is 11.3 Å². The van der Waals surface area contributed by atoms with Crippen molar-refractivity contribution in [2.75, 3.05) is 6.61 Å². The fourth-order valence-electron chi connectivity index (χ4n) is 4.46. The fourth-order valence-corrected chi connectivity index (χ4v) is 4.46. The van der Waals surface area contributed by atoms with Gasteiger partial charge in [-0.25, -0.2) is 4.98 Å². The van der Waals surface area contributed by atoms with Crippen molar-refractivity contribution in [3.8, 4) is 5.75 Å². The average molecular weight is 406 g/mol. The second-order valence-electron chi connectivity index (χ2n) is 8.29. The third-order valence-electron chi connectivity index (χ3n) is 6.05. The molecule has 1 atom stereocenters. The molecule has 0 saturated heterocycles. The number of aryl methyl sites for hydroxylation is 1. The molecule has 0 aliphatic heterocycles. The fraction of sp³-hybridized carbons (Fsp3) is 0.440. The van der Waals surface area contributed by atoms with Gasteiger partial charge in [0.05, 0.1) is 17.1 Å². The monoisotopic (exact) mass is 405 g/mol. The molecule has 1 N–H and O–H groups in total. The Hall–Kier alpha value is -2.82. The third kappa shape index (κ3) is 5.02. The number of aromatic nitrogens is 2. The number of nitrogens with one attached hydrogen (secondary N) is 1. The molecule has 0 spiro atoms. The summed E-state index contributed by atoms with van der Waals surface area (Å²) in [4.78, 5) is 17.3. The number of amides is 1. The second kappa shape index (κ2) is 9.79. The number of para-hydroxylation sites is 3. The van der Waals surface area contributed by atoms with Crippen molar-refractivity contribution in [2.24, 2.45) is 5.92 Å². The Morgan fingerprint density at radius 2 is 1.83 bits per heavy atom. The van der Waals surface area contributed by atoms with Crippen molar-refractivity contribution in [1.82, 2.24) is 14.9 Å². The van der Waals surface area contributed by atoms with Crippen LogP contribution in [0.3, 0.4) is 0 Å². The van der Waals surface area contributed by atoms with Gasteiger partial charge in [0.15, 0.2) is 6.61 Å². The second-order valence-corrected chi connectivity index (χ2v) is 8.29. The van der Waals surface area contributed by atoms with Crippen molar-refractivity contribution < 1.29 is 9.53 Å². The number of imidazole rings is 1. The van der Waals surface area contributed by atoms with Crippen molar-refractivity contribution in [3.05, 3.63) is 60.4 Å². The highest BCUT2D eigenvalue weighted by atomic mass is 16.5. The molecule has 0 radical (unpaired) electrons.